The van der Waals surface area contributed by atoms with Gasteiger partial charge in [0.05, 0.1) is 10.6 Å². The van der Waals surface area contributed by atoms with Crippen molar-refractivity contribution in [3.8, 4) is 0 Å². The fourth-order valence-corrected chi connectivity index (χ4v) is 1.29. The average Bonchev–Trinajstić information content (AvgIpc) is 2.26. The fraction of sp³-hybridized carbons (Fsp3) is 0.417. The van der Waals surface area contributed by atoms with Crippen molar-refractivity contribution in [1.82, 2.24) is 0 Å². The van der Waals surface area contributed by atoms with Crippen LogP contribution in [-0.4, -0.2) is 23.7 Å². The van der Waals surface area contributed by atoms with E-state index in [0.717, 1.165) is 17.0 Å². The van der Waals surface area contributed by atoms with Crippen LogP contribution in [0.1, 0.15) is 20.8 Å². The van der Waals surface area contributed by atoms with Crippen molar-refractivity contribution in [1.29, 1.82) is 0 Å². The number of hydrogen-bond acceptors (Lipinski definition) is 4. The van der Waals surface area contributed by atoms with E-state index in [2.05, 4.69) is 0 Å². The summed E-state index contributed by atoms with van der Waals surface area (Å²) < 4.78 is 18.3. The number of hydrogen-bond donors (Lipinski definition) is 0. The maximum atomic E-state index is 13.2. The number of carbonyl (C=O) groups excluding carboxylic acids is 1. The third kappa shape index (κ3) is 3.90. The molecule has 0 N–H and O–H groups in total. The summed E-state index contributed by atoms with van der Waals surface area (Å²) in [6, 6.07) is 3.19. The number of halogens is 1. The average molecular weight is 270 g/mol. The van der Waals surface area contributed by atoms with Crippen LogP contribution in [0, 0.1) is 15.9 Å². The van der Waals surface area contributed by atoms with E-state index in [4.69, 9.17) is 4.74 Å². The summed E-state index contributed by atoms with van der Waals surface area (Å²) in [7, 11) is 1.39. The summed E-state index contributed by atoms with van der Waals surface area (Å²) in [5.74, 6) is -0.952. The van der Waals surface area contributed by atoms with Crippen LogP contribution >= 0.6 is 0 Å². The van der Waals surface area contributed by atoms with Gasteiger partial charge in [-0.05, 0) is 32.9 Å². The molecule has 1 aromatic rings. The lowest BCUT2D eigenvalue weighted by Crippen LogP contribution is -2.34. The summed E-state index contributed by atoms with van der Waals surface area (Å²) in [6.45, 7) is 5.10. The molecule has 6 nitrogen and oxygen atoms in total. The molecule has 0 fully saturated rings. The Labute approximate surface area is 109 Å². The Morgan fingerprint density at radius 3 is 2.47 bits per heavy atom. The Hall–Kier alpha value is -2.18. The first-order chi connectivity index (χ1) is 8.61. The highest BCUT2D eigenvalue weighted by Gasteiger charge is 2.23. The molecule has 19 heavy (non-hydrogen) atoms. The Morgan fingerprint density at radius 2 is 2.00 bits per heavy atom. The second kappa shape index (κ2) is 5.21. The predicted octanol–water partition coefficient (Wildman–Crippen LogP) is 3.11. The molecule has 0 aliphatic carbocycles. The highest BCUT2D eigenvalue weighted by atomic mass is 19.1. The molecule has 0 radical (unpaired) electrons. The second-order valence-electron chi connectivity index (χ2n) is 4.93. The van der Waals surface area contributed by atoms with Gasteiger partial charge in [-0.15, -0.1) is 0 Å². The van der Waals surface area contributed by atoms with Gasteiger partial charge in [-0.3, -0.25) is 15.0 Å². The van der Waals surface area contributed by atoms with Gasteiger partial charge in [0.2, 0.25) is 5.82 Å². The molecule has 1 aromatic carbocycles. The van der Waals surface area contributed by atoms with Gasteiger partial charge >= 0.3 is 11.8 Å². The second-order valence-corrected chi connectivity index (χ2v) is 4.93. The minimum Gasteiger partial charge on any atom is -0.443 e. The summed E-state index contributed by atoms with van der Waals surface area (Å²) in [5.41, 5.74) is -1.19. The van der Waals surface area contributed by atoms with Crippen LogP contribution in [0.2, 0.25) is 0 Å². The van der Waals surface area contributed by atoms with E-state index in [9.17, 15) is 19.3 Å². The molecule has 0 atom stereocenters. The molecule has 1 amide bonds. The number of benzene rings is 1. The van der Waals surface area contributed by atoms with Crippen molar-refractivity contribution < 1.29 is 18.8 Å². The number of anilines is 1. The topological polar surface area (TPSA) is 72.7 Å². The number of nitro groups is 1. The Bertz CT molecular complexity index is 511. The van der Waals surface area contributed by atoms with Crippen molar-refractivity contribution in [3.05, 3.63) is 34.1 Å². The first-order valence-electron chi connectivity index (χ1n) is 5.52. The number of amides is 1. The maximum Gasteiger partial charge on any atom is 0.414 e. The highest BCUT2D eigenvalue weighted by Crippen LogP contribution is 2.24. The van der Waals surface area contributed by atoms with E-state index in [-0.39, 0.29) is 5.69 Å². The molecule has 0 heterocycles. The van der Waals surface area contributed by atoms with Gasteiger partial charge in [0, 0.05) is 13.1 Å². The zero-order valence-electron chi connectivity index (χ0n) is 11.1. The van der Waals surface area contributed by atoms with E-state index in [0.29, 0.717) is 0 Å². The molecule has 0 aromatic heterocycles. The Kier molecular flexibility index (Phi) is 4.08. The minimum absolute atomic E-state index is 0.183. The normalized spacial score (nSPS) is 11.0. The van der Waals surface area contributed by atoms with Crippen molar-refractivity contribution in [3.63, 3.8) is 0 Å². The standard InChI is InChI=1S/C12H15FN2O4/c1-12(2,3)19-11(16)14(4)8-5-6-9(13)10(7-8)15(17)18/h5-7H,1-4H3. The van der Waals surface area contributed by atoms with E-state index in [1.807, 2.05) is 0 Å². The van der Waals surface area contributed by atoms with E-state index in [1.165, 1.54) is 13.1 Å². The maximum absolute atomic E-state index is 13.2. The van der Waals surface area contributed by atoms with Gasteiger partial charge in [-0.1, -0.05) is 0 Å². The number of carbonyl (C=O) groups is 1. The van der Waals surface area contributed by atoms with E-state index >= 15 is 0 Å². The van der Waals surface area contributed by atoms with Crippen LogP contribution in [0.3, 0.4) is 0 Å². The lowest BCUT2D eigenvalue weighted by molar-refractivity contribution is -0.387. The highest BCUT2D eigenvalue weighted by molar-refractivity contribution is 5.87. The van der Waals surface area contributed by atoms with Crippen LogP contribution < -0.4 is 4.90 Å². The summed E-state index contributed by atoms with van der Waals surface area (Å²) in [6.07, 6.45) is -0.673. The molecule has 1 rings (SSSR count). The summed E-state index contributed by atoms with van der Waals surface area (Å²) >= 11 is 0. The summed E-state index contributed by atoms with van der Waals surface area (Å²) in [4.78, 5) is 22.6. The number of nitrogens with zero attached hydrogens (tertiary/aromatic N) is 2. The molecule has 0 aliphatic heterocycles. The molecule has 0 aliphatic rings. The first kappa shape index (κ1) is 14.9. The van der Waals surface area contributed by atoms with Crippen molar-refractivity contribution in [2.24, 2.45) is 0 Å². The van der Waals surface area contributed by atoms with Gasteiger partial charge in [-0.2, -0.15) is 4.39 Å². The van der Waals surface area contributed by atoms with E-state index < -0.39 is 28.1 Å². The Morgan fingerprint density at radius 1 is 1.42 bits per heavy atom. The SMILES string of the molecule is CN(C(=O)OC(C)(C)C)c1ccc(F)c([N+](=O)[O-])c1. The minimum atomic E-state index is -0.952. The van der Waals surface area contributed by atoms with Crippen LogP contribution in [-0.2, 0) is 4.74 Å². The monoisotopic (exact) mass is 270 g/mol. The largest absolute Gasteiger partial charge is 0.443 e. The summed E-state index contributed by atoms with van der Waals surface area (Å²) in [5, 5.41) is 10.6. The molecular weight excluding hydrogens is 255 g/mol. The van der Waals surface area contributed by atoms with Crippen LogP contribution in [0.25, 0.3) is 0 Å². The van der Waals surface area contributed by atoms with Gasteiger partial charge in [0.1, 0.15) is 5.60 Å². The lowest BCUT2D eigenvalue weighted by Gasteiger charge is -2.24. The fourth-order valence-electron chi connectivity index (χ4n) is 1.29. The molecule has 0 saturated carbocycles. The van der Waals surface area contributed by atoms with E-state index in [1.54, 1.807) is 20.8 Å². The van der Waals surface area contributed by atoms with Crippen molar-refractivity contribution >= 4 is 17.5 Å². The number of ether oxygens (including phenoxy) is 1. The van der Waals surface area contributed by atoms with Gasteiger partial charge in [0.25, 0.3) is 0 Å². The Balaban J connectivity index is 3.00. The van der Waals surface area contributed by atoms with Crippen molar-refractivity contribution in [2.45, 2.75) is 26.4 Å². The third-order valence-electron chi connectivity index (χ3n) is 2.18. The van der Waals surface area contributed by atoms with Gasteiger partial charge < -0.3 is 4.74 Å². The van der Waals surface area contributed by atoms with Crippen molar-refractivity contribution in [2.75, 3.05) is 11.9 Å². The first-order valence-corrected chi connectivity index (χ1v) is 5.52. The van der Waals surface area contributed by atoms with Crippen LogP contribution in [0.5, 0.6) is 0 Å². The molecule has 0 spiro atoms. The third-order valence-corrected chi connectivity index (χ3v) is 2.18. The zero-order chi connectivity index (χ0) is 14.8. The van der Waals surface area contributed by atoms with Crippen LogP contribution in [0.15, 0.2) is 18.2 Å². The molecule has 104 valence electrons. The van der Waals surface area contributed by atoms with Crippen LogP contribution in [0.4, 0.5) is 20.6 Å². The molecule has 0 saturated heterocycles. The number of rotatable bonds is 2. The lowest BCUT2D eigenvalue weighted by atomic mass is 10.2. The molecule has 7 heteroatoms. The number of nitro benzene ring substituents is 1. The molecule has 0 unspecified atom stereocenters. The zero-order valence-corrected chi connectivity index (χ0v) is 11.1. The quantitative estimate of drug-likeness (QED) is 0.611. The van der Waals surface area contributed by atoms with Gasteiger partial charge in [0.15, 0.2) is 0 Å². The molecular formula is C12H15FN2O4. The molecule has 0 bridgehead atoms. The smallest absolute Gasteiger partial charge is 0.414 e. The predicted molar refractivity (Wildman–Crippen MR) is 67.7 cm³/mol. The van der Waals surface area contributed by atoms with Gasteiger partial charge in [-0.25, -0.2) is 4.79 Å².